The SMILES string of the molecule is CC1C(=O)NC(=O)CC12CCC(c1ccccc1)CC2. The summed E-state index contributed by atoms with van der Waals surface area (Å²) in [7, 11) is 0. The maximum Gasteiger partial charge on any atom is 0.229 e. The monoisotopic (exact) mass is 271 g/mol. The van der Waals surface area contributed by atoms with E-state index in [0.29, 0.717) is 12.3 Å². The van der Waals surface area contributed by atoms with Gasteiger partial charge >= 0.3 is 0 Å². The predicted octanol–water partition coefficient (Wildman–Crippen LogP) is 3.01. The summed E-state index contributed by atoms with van der Waals surface area (Å²) in [4.78, 5) is 23.6. The van der Waals surface area contributed by atoms with Gasteiger partial charge in [-0.25, -0.2) is 0 Å². The molecule has 1 spiro atoms. The number of carbonyl (C=O) groups excluding carboxylic acids is 2. The van der Waals surface area contributed by atoms with Crippen LogP contribution in [-0.2, 0) is 9.59 Å². The maximum absolute atomic E-state index is 11.9. The molecule has 3 rings (SSSR count). The van der Waals surface area contributed by atoms with Crippen LogP contribution in [0.2, 0.25) is 0 Å². The first-order chi connectivity index (χ1) is 9.61. The van der Waals surface area contributed by atoms with E-state index in [4.69, 9.17) is 0 Å². The molecule has 1 saturated heterocycles. The molecule has 1 unspecified atom stereocenters. The average molecular weight is 271 g/mol. The molecule has 3 nitrogen and oxygen atoms in total. The van der Waals surface area contributed by atoms with Crippen molar-refractivity contribution in [3.05, 3.63) is 35.9 Å². The van der Waals surface area contributed by atoms with E-state index in [1.807, 2.05) is 13.0 Å². The second kappa shape index (κ2) is 5.04. The molecule has 1 atom stereocenters. The van der Waals surface area contributed by atoms with Crippen LogP contribution in [0, 0.1) is 11.3 Å². The van der Waals surface area contributed by atoms with Gasteiger partial charge < -0.3 is 0 Å². The fourth-order valence-corrected chi connectivity index (χ4v) is 3.90. The van der Waals surface area contributed by atoms with Crippen LogP contribution in [0.5, 0.6) is 0 Å². The molecular formula is C17H21NO2. The van der Waals surface area contributed by atoms with Gasteiger partial charge in [0.15, 0.2) is 0 Å². The molecule has 1 aliphatic carbocycles. The van der Waals surface area contributed by atoms with E-state index in [2.05, 4.69) is 29.6 Å². The van der Waals surface area contributed by atoms with Crippen molar-refractivity contribution in [3.63, 3.8) is 0 Å². The fourth-order valence-electron chi connectivity index (χ4n) is 3.90. The van der Waals surface area contributed by atoms with Crippen molar-refractivity contribution >= 4 is 11.8 Å². The summed E-state index contributed by atoms with van der Waals surface area (Å²) in [6.07, 6.45) is 4.63. The Balaban J connectivity index is 1.74. The standard InChI is InChI=1S/C17H21NO2/c1-12-16(20)18-15(19)11-17(12)9-7-14(8-10-17)13-5-3-2-4-6-13/h2-6,12,14H,7-11H2,1H3,(H,18,19,20). The van der Waals surface area contributed by atoms with E-state index in [0.717, 1.165) is 25.7 Å². The molecule has 106 valence electrons. The number of imide groups is 1. The van der Waals surface area contributed by atoms with Gasteiger partial charge in [-0.2, -0.15) is 0 Å². The van der Waals surface area contributed by atoms with Crippen LogP contribution >= 0.6 is 0 Å². The summed E-state index contributed by atoms with van der Waals surface area (Å²) in [6, 6.07) is 10.6. The lowest BCUT2D eigenvalue weighted by Gasteiger charge is -2.45. The number of benzene rings is 1. The minimum atomic E-state index is -0.0926. The highest BCUT2D eigenvalue weighted by Gasteiger charge is 2.47. The van der Waals surface area contributed by atoms with E-state index in [9.17, 15) is 9.59 Å². The molecule has 0 aromatic heterocycles. The highest BCUT2D eigenvalue weighted by molar-refractivity contribution is 5.99. The number of hydrogen-bond donors (Lipinski definition) is 1. The second-order valence-electron chi connectivity index (χ2n) is 6.36. The van der Waals surface area contributed by atoms with Crippen LogP contribution in [0.4, 0.5) is 0 Å². The Morgan fingerprint density at radius 3 is 2.40 bits per heavy atom. The number of rotatable bonds is 1. The molecule has 3 heteroatoms. The zero-order valence-electron chi connectivity index (χ0n) is 11.9. The van der Waals surface area contributed by atoms with E-state index >= 15 is 0 Å². The molecule has 0 radical (unpaired) electrons. The first-order valence-electron chi connectivity index (χ1n) is 7.49. The summed E-state index contributed by atoms with van der Waals surface area (Å²) in [6.45, 7) is 1.98. The third-order valence-corrected chi connectivity index (χ3v) is 5.34. The number of nitrogens with one attached hydrogen (secondary N) is 1. The molecule has 2 amide bonds. The maximum atomic E-state index is 11.9. The third-order valence-electron chi connectivity index (χ3n) is 5.34. The van der Waals surface area contributed by atoms with Crippen LogP contribution in [0.15, 0.2) is 30.3 Å². The van der Waals surface area contributed by atoms with Crippen LogP contribution in [0.1, 0.15) is 50.5 Å². The minimum absolute atomic E-state index is 0.0445. The zero-order valence-corrected chi connectivity index (χ0v) is 11.9. The van der Waals surface area contributed by atoms with Crippen molar-refractivity contribution < 1.29 is 9.59 Å². The Labute approximate surface area is 119 Å². The highest BCUT2D eigenvalue weighted by atomic mass is 16.2. The summed E-state index contributed by atoms with van der Waals surface area (Å²) < 4.78 is 0. The molecule has 1 saturated carbocycles. The quantitative estimate of drug-likeness (QED) is 0.798. The van der Waals surface area contributed by atoms with Crippen molar-refractivity contribution in [1.82, 2.24) is 5.32 Å². The molecule has 1 aromatic rings. The van der Waals surface area contributed by atoms with Gasteiger partial charge in [0.25, 0.3) is 0 Å². The van der Waals surface area contributed by atoms with Gasteiger partial charge in [-0.1, -0.05) is 37.3 Å². The summed E-state index contributed by atoms with van der Waals surface area (Å²) in [5.41, 5.74) is 1.30. The van der Waals surface area contributed by atoms with Gasteiger partial charge in [0.1, 0.15) is 0 Å². The van der Waals surface area contributed by atoms with E-state index < -0.39 is 0 Å². The lowest BCUT2D eigenvalue weighted by atomic mass is 9.60. The molecular weight excluding hydrogens is 250 g/mol. The van der Waals surface area contributed by atoms with Crippen molar-refractivity contribution in [2.45, 2.75) is 44.9 Å². The summed E-state index contributed by atoms with van der Waals surface area (Å²) >= 11 is 0. The smallest absolute Gasteiger partial charge is 0.229 e. The Morgan fingerprint density at radius 1 is 1.10 bits per heavy atom. The Morgan fingerprint density at radius 2 is 1.75 bits per heavy atom. The first-order valence-corrected chi connectivity index (χ1v) is 7.49. The normalized spacial score (nSPS) is 34.0. The Bertz CT molecular complexity index is 515. The van der Waals surface area contributed by atoms with Gasteiger partial charge in [0.2, 0.25) is 11.8 Å². The number of hydrogen-bond acceptors (Lipinski definition) is 2. The Hall–Kier alpha value is -1.64. The molecule has 1 N–H and O–H groups in total. The van der Waals surface area contributed by atoms with Gasteiger partial charge in [0.05, 0.1) is 0 Å². The van der Waals surface area contributed by atoms with Crippen LogP contribution in [-0.4, -0.2) is 11.8 Å². The van der Waals surface area contributed by atoms with Gasteiger partial charge in [-0.3, -0.25) is 14.9 Å². The van der Waals surface area contributed by atoms with Crippen LogP contribution < -0.4 is 5.32 Å². The molecule has 2 aliphatic rings. The van der Waals surface area contributed by atoms with Crippen molar-refractivity contribution in [1.29, 1.82) is 0 Å². The molecule has 2 fully saturated rings. The number of carbonyl (C=O) groups is 2. The lowest BCUT2D eigenvalue weighted by molar-refractivity contribution is -0.144. The Kier molecular flexibility index (Phi) is 3.36. The van der Waals surface area contributed by atoms with Crippen molar-refractivity contribution in [2.75, 3.05) is 0 Å². The molecule has 0 bridgehead atoms. The van der Waals surface area contributed by atoms with Crippen LogP contribution in [0.25, 0.3) is 0 Å². The highest BCUT2D eigenvalue weighted by Crippen LogP contribution is 2.50. The van der Waals surface area contributed by atoms with Crippen molar-refractivity contribution in [3.8, 4) is 0 Å². The van der Waals surface area contributed by atoms with Crippen LogP contribution in [0.3, 0.4) is 0 Å². The summed E-state index contributed by atoms with van der Waals surface area (Å²) in [5, 5.41) is 2.47. The predicted molar refractivity (Wildman–Crippen MR) is 77.0 cm³/mol. The number of piperidine rings is 1. The largest absolute Gasteiger partial charge is 0.296 e. The molecule has 1 aromatic carbocycles. The minimum Gasteiger partial charge on any atom is -0.296 e. The van der Waals surface area contributed by atoms with E-state index in [-0.39, 0.29) is 23.1 Å². The topological polar surface area (TPSA) is 46.2 Å². The van der Waals surface area contributed by atoms with E-state index in [1.165, 1.54) is 5.56 Å². The molecule has 20 heavy (non-hydrogen) atoms. The van der Waals surface area contributed by atoms with Gasteiger partial charge in [0, 0.05) is 12.3 Å². The molecule has 1 aliphatic heterocycles. The molecule has 1 heterocycles. The first kappa shape index (κ1) is 13.3. The van der Waals surface area contributed by atoms with E-state index in [1.54, 1.807) is 0 Å². The fraction of sp³-hybridized carbons (Fsp3) is 0.529. The summed E-state index contributed by atoms with van der Waals surface area (Å²) in [5.74, 6) is 0.358. The van der Waals surface area contributed by atoms with Gasteiger partial charge in [-0.15, -0.1) is 0 Å². The second-order valence-corrected chi connectivity index (χ2v) is 6.36. The average Bonchev–Trinajstić information content (AvgIpc) is 2.46. The zero-order chi connectivity index (χ0) is 14.2. The lowest BCUT2D eigenvalue weighted by Crippen LogP contribution is -2.52. The third kappa shape index (κ3) is 2.26. The number of amides is 2. The van der Waals surface area contributed by atoms with Gasteiger partial charge in [-0.05, 0) is 42.6 Å². The van der Waals surface area contributed by atoms with Crippen molar-refractivity contribution in [2.24, 2.45) is 11.3 Å².